The highest BCUT2D eigenvalue weighted by Gasteiger charge is 1.99. The summed E-state index contributed by atoms with van der Waals surface area (Å²) < 4.78 is 0. The number of aliphatic hydroxyl groups is 2. The molecule has 3 N–H and O–H groups in total. The zero-order chi connectivity index (χ0) is 9.52. The van der Waals surface area contributed by atoms with Crippen molar-refractivity contribution in [2.24, 2.45) is 0 Å². The lowest BCUT2D eigenvalue weighted by Crippen LogP contribution is -2.30. The fraction of sp³-hybridized carbons (Fsp3) is 0.556. The molecule has 1 rings (SSSR count). The number of nitrogens with one attached hydrogen (secondary N) is 1. The molecule has 0 bridgehead atoms. The molecule has 1 aromatic heterocycles. The molecule has 1 atom stereocenters. The van der Waals surface area contributed by atoms with Gasteiger partial charge in [0.05, 0.1) is 12.7 Å². The maximum Gasteiger partial charge on any atom is 0.0894 e. The molecule has 0 aliphatic heterocycles. The summed E-state index contributed by atoms with van der Waals surface area (Å²) >= 11 is 1.69. The smallest absolute Gasteiger partial charge is 0.0894 e. The summed E-state index contributed by atoms with van der Waals surface area (Å²) in [5, 5.41) is 24.8. The van der Waals surface area contributed by atoms with Crippen LogP contribution in [0.15, 0.2) is 16.8 Å². The van der Waals surface area contributed by atoms with Gasteiger partial charge in [0, 0.05) is 6.54 Å². The molecular weight excluding hydrogens is 186 g/mol. The largest absolute Gasteiger partial charge is 0.394 e. The lowest BCUT2D eigenvalue weighted by atomic mass is 10.2. The minimum atomic E-state index is -0.637. The van der Waals surface area contributed by atoms with Gasteiger partial charge in [-0.05, 0) is 35.4 Å². The highest BCUT2D eigenvalue weighted by atomic mass is 32.1. The first-order valence-electron chi connectivity index (χ1n) is 4.33. The van der Waals surface area contributed by atoms with E-state index in [1.807, 2.05) is 0 Å². The van der Waals surface area contributed by atoms with E-state index in [2.05, 4.69) is 22.1 Å². The van der Waals surface area contributed by atoms with E-state index in [9.17, 15) is 0 Å². The van der Waals surface area contributed by atoms with Gasteiger partial charge in [0.25, 0.3) is 0 Å². The second kappa shape index (κ2) is 6.10. The molecule has 0 saturated heterocycles. The Bertz CT molecular complexity index is 213. The Balaban J connectivity index is 2.02. The Morgan fingerprint density at radius 1 is 1.54 bits per heavy atom. The number of aliphatic hydroxyl groups excluding tert-OH is 2. The van der Waals surface area contributed by atoms with Crippen LogP contribution in [-0.4, -0.2) is 36.0 Å². The van der Waals surface area contributed by atoms with Crippen LogP contribution in [0.25, 0.3) is 0 Å². The standard InChI is InChI=1S/C9H15NO2S/c11-6-9(12)5-10-3-1-8-2-4-13-7-8/h2,4,7,9-12H,1,3,5-6H2/t9-/m0/s1. The fourth-order valence-electron chi connectivity index (χ4n) is 1.00. The van der Waals surface area contributed by atoms with Crippen molar-refractivity contribution in [3.63, 3.8) is 0 Å². The average molecular weight is 201 g/mol. The zero-order valence-electron chi connectivity index (χ0n) is 7.44. The summed E-state index contributed by atoms with van der Waals surface area (Å²) in [5.41, 5.74) is 1.32. The third kappa shape index (κ3) is 4.38. The van der Waals surface area contributed by atoms with E-state index in [-0.39, 0.29) is 6.61 Å². The predicted molar refractivity (Wildman–Crippen MR) is 54.0 cm³/mol. The van der Waals surface area contributed by atoms with Crippen LogP contribution in [0.4, 0.5) is 0 Å². The van der Waals surface area contributed by atoms with Crippen LogP contribution in [0.5, 0.6) is 0 Å². The molecule has 74 valence electrons. The minimum absolute atomic E-state index is 0.175. The Labute approximate surface area is 82.0 Å². The van der Waals surface area contributed by atoms with Crippen molar-refractivity contribution in [3.05, 3.63) is 22.4 Å². The summed E-state index contributed by atoms with van der Waals surface area (Å²) in [4.78, 5) is 0. The van der Waals surface area contributed by atoms with Gasteiger partial charge >= 0.3 is 0 Å². The van der Waals surface area contributed by atoms with Crippen molar-refractivity contribution >= 4 is 11.3 Å². The molecule has 3 nitrogen and oxygen atoms in total. The maximum atomic E-state index is 9.00. The van der Waals surface area contributed by atoms with Gasteiger partial charge in [0.2, 0.25) is 0 Å². The number of hydrogen-bond acceptors (Lipinski definition) is 4. The molecule has 0 radical (unpaired) electrons. The Morgan fingerprint density at radius 3 is 3.00 bits per heavy atom. The first kappa shape index (κ1) is 10.7. The van der Waals surface area contributed by atoms with Crippen molar-refractivity contribution in [2.75, 3.05) is 19.7 Å². The Hall–Kier alpha value is -0.420. The van der Waals surface area contributed by atoms with Gasteiger partial charge in [0.15, 0.2) is 0 Å². The van der Waals surface area contributed by atoms with Gasteiger partial charge in [-0.2, -0.15) is 11.3 Å². The van der Waals surface area contributed by atoms with Crippen LogP contribution in [-0.2, 0) is 6.42 Å². The summed E-state index contributed by atoms with van der Waals surface area (Å²) in [5.74, 6) is 0. The Kier molecular flexibility index (Phi) is 5.00. The summed E-state index contributed by atoms with van der Waals surface area (Å²) in [6, 6.07) is 2.09. The lowest BCUT2D eigenvalue weighted by Gasteiger charge is -2.07. The van der Waals surface area contributed by atoms with Crippen LogP contribution in [0.3, 0.4) is 0 Å². The molecule has 0 aliphatic rings. The van der Waals surface area contributed by atoms with Crippen molar-refractivity contribution in [3.8, 4) is 0 Å². The molecule has 0 saturated carbocycles. The molecule has 13 heavy (non-hydrogen) atoms. The predicted octanol–water partition coefficient (Wildman–Crippen LogP) is 0.233. The van der Waals surface area contributed by atoms with Crippen LogP contribution < -0.4 is 5.32 Å². The van der Waals surface area contributed by atoms with E-state index >= 15 is 0 Å². The monoisotopic (exact) mass is 201 g/mol. The van der Waals surface area contributed by atoms with Crippen molar-refractivity contribution in [1.29, 1.82) is 0 Å². The summed E-state index contributed by atoms with van der Waals surface area (Å²) in [6.07, 6.45) is 0.337. The third-order valence-corrected chi connectivity index (χ3v) is 2.49. The van der Waals surface area contributed by atoms with Gasteiger partial charge in [-0.3, -0.25) is 0 Å². The number of hydrogen-bond donors (Lipinski definition) is 3. The average Bonchev–Trinajstić information content (AvgIpc) is 2.64. The molecule has 0 aromatic carbocycles. The number of rotatable bonds is 6. The molecule has 0 unspecified atom stereocenters. The summed E-state index contributed by atoms with van der Waals surface area (Å²) in [6.45, 7) is 1.12. The summed E-state index contributed by atoms with van der Waals surface area (Å²) in [7, 11) is 0. The first-order valence-corrected chi connectivity index (χ1v) is 5.28. The molecule has 1 aromatic rings. The van der Waals surface area contributed by atoms with Crippen molar-refractivity contribution in [1.82, 2.24) is 5.32 Å². The normalized spacial score (nSPS) is 13.1. The molecule has 0 spiro atoms. The minimum Gasteiger partial charge on any atom is -0.394 e. The third-order valence-electron chi connectivity index (χ3n) is 1.76. The van der Waals surface area contributed by atoms with Crippen molar-refractivity contribution < 1.29 is 10.2 Å². The number of thiophene rings is 1. The van der Waals surface area contributed by atoms with Crippen LogP contribution in [0, 0.1) is 0 Å². The SMILES string of the molecule is OC[C@@H](O)CNCCc1ccsc1. The van der Waals surface area contributed by atoms with Crippen LogP contribution in [0.1, 0.15) is 5.56 Å². The zero-order valence-corrected chi connectivity index (χ0v) is 8.26. The van der Waals surface area contributed by atoms with Crippen molar-refractivity contribution in [2.45, 2.75) is 12.5 Å². The second-order valence-electron chi connectivity index (χ2n) is 2.92. The van der Waals surface area contributed by atoms with E-state index in [0.29, 0.717) is 6.54 Å². The van der Waals surface area contributed by atoms with E-state index in [0.717, 1.165) is 13.0 Å². The second-order valence-corrected chi connectivity index (χ2v) is 3.70. The van der Waals surface area contributed by atoms with E-state index < -0.39 is 6.10 Å². The van der Waals surface area contributed by atoms with Crippen LogP contribution in [0.2, 0.25) is 0 Å². The molecule has 4 heteroatoms. The van der Waals surface area contributed by atoms with E-state index in [1.54, 1.807) is 11.3 Å². The molecule has 0 aliphatic carbocycles. The van der Waals surface area contributed by atoms with Gasteiger partial charge in [-0.15, -0.1) is 0 Å². The van der Waals surface area contributed by atoms with Gasteiger partial charge in [0.1, 0.15) is 0 Å². The molecular formula is C9H15NO2S. The Morgan fingerprint density at radius 2 is 2.38 bits per heavy atom. The fourth-order valence-corrected chi connectivity index (χ4v) is 1.70. The van der Waals surface area contributed by atoms with Gasteiger partial charge in [-0.1, -0.05) is 0 Å². The topological polar surface area (TPSA) is 52.5 Å². The van der Waals surface area contributed by atoms with E-state index in [1.165, 1.54) is 5.56 Å². The van der Waals surface area contributed by atoms with Gasteiger partial charge in [-0.25, -0.2) is 0 Å². The van der Waals surface area contributed by atoms with Crippen LogP contribution >= 0.6 is 11.3 Å². The molecule has 0 amide bonds. The van der Waals surface area contributed by atoms with E-state index in [4.69, 9.17) is 10.2 Å². The maximum absolute atomic E-state index is 9.00. The van der Waals surface area contributed by atoms with Gasteiger partial charge < -0.3 is 15.5 Å². The first-order chi connectivity index (χ1) is 6.33. The molecule has 0 fully saturated rings. The lowest BCUT2D eigenvalue weighted by molar-refractivity contribution is 0.0947. The highest BCUT2D eigenvalue weighted by molar-refractivity contribution is 7.07. The highest BCUT2D eigenvalue weighted by Crippen LogP contribution is 2.05. The quantitative estimate of drug-likeness (QED) is 0.578. The molecule has 1 heterocycles.